The molecule has 0 heterocycles. The Morgan fingerprint density at radius 1 is 0.622 bits per heavy atom. The van der Waals surface area contributed by atoms with E-state index in [0.29, 0.717) is 5.69 Å². The molecule has 0 spiro atoms. The van der Waals surface area contributed by atoms with Gasteiger partial charge in [0.25, 0.3) is 5.91 Å². The first-order valence-corrected chi connectivity index (χ1v) is 11.6. The van der Waals surface area contributed by atoms with Crippen LogP contribution >= 0.6 is 0 Å². The van der Waals surface area contributed by atoms with Crippen LogP contribution in [0, 0.1) is 0 Å². The summed E-state index contributed by atoms with van der Waals surface area (Å²) in [5.74, 6) is -2.32. The summed E-state index contributed by atoms with van der Waals surface area (Å²) in [4.78, 5) is 37.8. The molecule has 0 aromatic heterocycles. The minimum atomic E-state index is -0.959. The van der Waals surface area contributed by atoms with Crippen molar-refractivity contribution < 1.29 is 14.4 Å². The van der Waals surface area contributed by atoms with Gasteiger partial charge in [0.15, 0.2) is 0 Å². The minimum Gasteiger partial charge on any atom is -0.322 e. The second kappa shape index (κ2) is 10.5. The van der Waals surface area contributed by atoms with Crippen molar-refractivity contribution in [3.05, 3.63) is 120 Å². The molecule has 7 heteroatoms. The summed E-state index contributed by atoms with van der Waals surface area (Å²) >= 11 is 0. The Kier molecular flexibility index (Phi) is 6.67. The van der Waals surface area contributed by atoms with E-state index in [4.69, 9.17) is 0 Å². The highest BCUT2D eigenvalue weighted by atomic mass is 16.2. The first-order chi connectivity index (χ1) is 18.1. The van der Waals surface area contributed by atoms with Gasteiger partial charge in [-0.05, 0) is 51.9 Å². The molecule has 5 aromatic carbocycles. The van der Waals surface area contributed by atoms with Gasteiger partial charge in [0.2, 0.25) is 0 Å². The van der Waals surface area contributed by atoms with E-state index >= 15 is 0 Å². The standard InChI is InChI=1S/C30H22N4O3/c35-28(32-22-12-2-1-3-13-22)25-16-8-9-17-27(25)33-29(36)30(37)34-31-19-26-23-14-6-4-10-20(23)18-21-11-5-7-15-24(21)26/h1-19H,(H,32,35)(H,33,36)(H,34,37)/b31-19+. The average molecular weight is 487 g/mol. The first kappa shape index (κ1) is 23.4. The molecule has 3 N–H and O–H groups in total. The summed E-state index contributed by atoms with van der Waals surface area (Å²) in [5.41, 5.74) is 4.16. The normalized spacial score (nSPS) is 10.9. The summed E-state index contributed by atoms with van der Waals surface area (Å²) < 4.78 is 0. The molecule has 0 saturated carbocycles. The summed E-state index contributed by atoms with van der Waals surface area (Å²) in [6.07, 6.45) is 1.54. The second-order valence-corrected chi connectivity index (χ2v) is 8.25. The van der Waals surface area contributed by atoms with E-state index in [1.807, 2.05) is 54.6 Å². The predicted molar refractivity (Wildman–Crippen MR) is 147 cm³/mol. The summed E-state index contributed by atoms with van der Waals surface area (Å²) in [6.45, 7) is 0. The van der Waals surface area contributed by atoms with E-state index in [9.17, 15) is 14.4 Å². The Morgan fingerprint density at radius 3 is 1.92 bits per heavy atom. The number of carbonyl (C=O) groups excluding carboxylic acids is 3. The van der Waals surface area contributed by atoms with Gasteiger partial charge in [0.05, 0.1) is 17.5 Å². The monoisotopic (exact) mass is 486 g/mol. The van der Waals surface area contributed by atoms with Gasteiger partial charge in [-0.15, -0.1) is 0 Å². The molecule has 0 radical (unpaired) electrons. The van der Waals surface area contributed by atoms with Crippen molar-refractivity contribution in [1.29, 1.82) is 0 Å². The number of hydrogen-bond donors (Lipinski definition) is 3. The van der Waals surface area contributed by atoms with E-state index < -0.39 is 17.7 Å². The molecule has 0 bridgehead atoms. The Morgan fingerprint density at radius 2 is 1.22 bits per heavy atom. The SMILES string of the molecule is O=C(N/N=C/c1c2ccccc2cc2ccccc12)C(=O)Nc1ccccc1C(=O)Nc1ccccc1. The van der Waals surface area contributed by atoms with Crippen molar-refractivity contribution >= 4 is 56.9 Å². The number of hydrogen-bond acceptors (Lipinski definition) is 4. The fourth-order valence-electron chi connectivity index (χ4n) is 4.08. The quantitative estimate of drug-likeness (QED) is 0.135. The molecule has 0 fully saturated rings. The molecule has 0 aliphatic carbocycles. The van der Waals surface area contributed by atoms with Crippen LogP contribution in [-0.2, 0) is 9.59 Å². The fraction of sp³-hybridized carbons (Fsp3) is 0. The van der Waals surface area contributed by atoms with E-state index in [-0.39, 0.29) is 11.3 Å². The average Bonchev–Trinajstić information content (AvgIpc) is 2.93. The van der Waals surface area contributed by atoms with E-state index in [0.717, 1.165) is 27.1 Å². The lowest BCUT2D eigenvalue weighted by molar-refractivity contribution is -0.136. The lowest BCUT2D eigenvalue weighted by Crippen LogP contribution is -2.33. The largest absolute Gasteiger partial charge is 0.329 e. The van der Waals surface area contributed by atoms with Gasteiger partial charge < -0.3 is 10.6 Å². The third-order valence-electron chi connectivity index (χ3n) is 5.83. The van der Waals surface area contributed by atoms with Crippen LogP contribution in [0.4, 0.5) is 11.4 Å². The van der Waals surface area contributed by atoms with Crippen molar-refractivity contribution in [2.75, 3.05) is 10.6 Å². The maximum atomic E-state index is 12.7. The minimum absolute atomic E-state index is 0.208. The highest BCUT2D eigenvalue weighted by Crippen LogP contribution is 2.27. The Bertz CT molecular complexity index is 1610. The van der Waals surface area contributed by atoms with Crippen LogP contribution in [0.5, 0.6) is 0 Å². The number of anilines is 2. The van der Waals surface area contributed by atoms with Crippen molar-refractivity contribution in [2.45, 2.75) is 0 Å². The number of amides is 3. The molecule has 0 aliphatic rings. The maximum Gasteiger partial charge on any atom is 0.329 e. The molecular formula is C30H22N4O3. The number of rotatable bonds is 5. The zero-order valence-corrected chi connectivity index (χ0v) is 19.6. The number of carbonyl (C=O) groups is 3. The third kappa shape index (κ3) is 5.21. The lowest BCUT2D eigenvalue weighted by atomic mass is 9.97. The number of nitrogens with one attached hydrogen (secondary N) is 3. The molecule has 0 saturated heterocycles. The Labute approximate surface area is 212 Å². The van der Waals surface area contributed by atoms with Crippen molar-refractivity contribution in [2.24, 2.45) is 5.10 Å². The molecule has 3 amide bonds. The highest BCUT2D eigenvalue weighted by molar-refractivity contribution is 6.40. The van der Waals surface area contributed by atoms with Crippen LogP contribution in [0.3, 0.4) is 0 Å². The molecule has 0 aliphatic heterocycles. The van der Waals surface area contributed by atoms with Crippen LogP contribution < -0.4 is 16.1 Å². The van der Waals surface area contributed by atoms with Gasteiger partial charge in [-0.25, -0.2) is 5.43 Å². The number of para-hydroxylation sites is 2. The molecule has 7 nitrogen and oxygen atoms in total. The van der Waals surface area contributed by atoms with E-state index in [2.05, 4.69) is 27.2 Å². The molecule has 180 valence electrons. The number of hydrazone groups is 1. The maximum absolute atomic E-state index is 12.7. The van der Waals surface area contributed by atoms with Gasteiger partial charge in [-0.3, -0.25) is 14.4 Å². The first-order valence-electron chi connectivity index (χ1n) is 11.6. The van der Waals surface area contributed by atoms with Gasteiger partial charge in [-0.2, -0.15) is 5.10 Å². The van der Waals surface area contributed by atoms with Crippen LogP contribution in [0.1, 0.15) is 15.9 Å². The number of benzene rings is 5. The van der Waals surface area contributed by atoms with Gasteiger partial charge >= 0.3 is 11.8 Å². The fourth-order valence-corrected chi connectivity index (χ4v) is 4.08. The lowest BCUT2D eigenvalue weighted by Gasteiger charge is -2.11. The Hall–Kier alpha value is -5.30. The van der Waals surface area contributed by atoms with Crippen LogP contribution in [-0.4, -0.2) is 23.9 Å². The molecule has 5 aromatic rings. The van der Waals surface area contributed by atoms with Crippen molar-refractivity contribution in [1.82, 2.24) is 5.43 Å². The smallest absolute Gasteiger partial charge is 0.322 e. The van der Waals surface area contributed by atoms with Gasteiger partial charge in [0.1, 0.15) is 0 Å². The summed E-state index contributed by atoms with van der Waals surface area (Å²) in [6, 6.07) is 33.3. The van der Waals surface area contributed by atoms with Gasteiger partial charge in [-0.1, -0.05) is 78.9 Å². The topological polar surface area (TPSA) is 99.7 Å². The second-order valence-electron chi connectivity index (χ2n) is 8.25. The van der Waals surface area contributed by atoms with Crippen LogP contribution in [0.2, 0.25) is 0 Å². The Balaban J connectivity index is 1.31. The van der Waals surface area contributed by atoms with Crippen LogP contribution in [0.25, 0.3) is 21.5 Å². The zero-order valence-electron chi connectivity index (χ0n) is 19.6. The van der Waals surface area contributed by atoms with Crippen molar-refractivity contribution in [3.63, 3.8) is 0 Å². The molecular weight excluding hydrogens is 464 g/mol. The number of nitrogens with zero attached hydrogens (tertiary/aromatic N) is 1. The van der Waals surface area contributed by atoms with E-state index in [1.165, 1.54) is 6.21 Å². The molecule has 0 atom stereocenters. The zero-order chi connectivity index (χ0) is 25.6. The highest BCUT2D eigenvalue weighted by Gasteiger charge is 2.18. The predicted octanol–water partition coefficient (Wildman–Crippen LogP) is 5.33. The molecule has 5 rings (SSSR count). The van der Waals surface area contributed by atoms with Gasteiger partial charge in [0, 0.05) is 11.3 Å². The molecule has 37 heavy (non-hydrogen) atoms. The third-order valence-corrected chi connectivity index (χ3v) is 5.83. The summed E-state index contributed by atoms with van der Waals surface area (Å²) in [5, 5.41) is 13.3. The number of fused-ring (bicyclic) bond motifs is 2. The van der Waals surface area contributed by atoms with Crippen molar-refractivity contribution in [3.8, 4) is 0 Å². The summed E-state index contributed by atoms with van der Waals surface area (Å²) in [7, 11) is 0. The van der Waals surface area contributed by atoms with Crippen LogP contribution in [0.15, 0.2) is 114 Å². The molecule has 0 unspecified atom stereocenters. The van der Waals surface area contributed by atoms with E-state index in [1.54, 1.807) is 48.5 Å².